The summed E-state index contributed by atoms with van der Waals surface area (Å²) >= 11 is 0. The van der Waals surface area contributed by atoms with E-state index in [-0.39, 0.29) is 12.1 Å². The summed E-state index contributed by atoms with van der Waals surface area (Å²) in [7, 11) is 0. The van der Waals surface area contributed by atoms with E-state index in [0.29, 0.717) is 19.1 Å². The minimum Gasteiger partial charge on any atom is -0.389 e. The molecule has 3 fully saturated rings. The third-order valence-electron chi connectivity index (χ3n) is 5.74. The van der Waals surface area contributed by atoms with Crippen molar-refractivity contribution in [3.63, 3.8) is 0 Å². The zero-order valence-electron chi connectivity index (χ0n) is 14.3. The van der Waals surface area contributed by atoms with Crippen LogP contribution in [0.15, 0.2) is 12.3 Å². The van der Waals surface area contributed by atoms with Gasteiger partial charge in [0, 0.05) is 44.0 Å². The Balaban J connectivity index is 1.42. The first-order valence-corrected chi connectivity index (χ1v) is 9.39. The maximum absolute atomic E-state index is 10.1. The molecule has 24 heavy (non-hydrogen) atoms. The second-order valence-corrected chi connectivity index (χ2v) is 7.31. The minimum atomic E-state index is -0.349. The lowest BCUT2D eigenvalue weighted by atomic mass is 10.0. The van der Waals surface area contributed by atoms with Crippen LogP contribution in [-0.2, 0) is 4.74 Å². The third-order valence-corrected chi connectivity index (χ3v) is 5.74. The van der Waals surface area contributed by atoms with Gasteiger partial charge in [-0.2, -0.15) is 0 Å². The fourth-order valence-corrected chi connectivity index (χ4v) is 4.31. The Bertz CT molecular complexity index is 550. The zero-order chi connectivity index (χ0) is 16.4. The smallest absolute Gasteiger partial charge is 0.225 e. The predicted molar refractivity (Wildman–Crippen MR) is 92.3 cm³/mol. The minimum absolute atomic E-state index is 0.149. The number of aliphatic hydroxyl groups excluding tert-OH is 1. The largest absolute Gasteiger partial charge is 0.389 e. The molecule has 3 heterocycles. The Morgan fingerprint density at radius 3 is 2.71 bits per heavy atom. The number of aromatic nitrogens is 2. The van der Waals surface area contributed by atoms with E-state index in [4.69, 9.17) is 9.72 Å². The number of nitrogens with zero attached hydrogens (tertiary/aromatic N) is 4. The molecule has 3 aliphatic rings. The molecule has 6 nitrogen and oxygen atoms in total. The van der Waals surface area contributed by atoms with E-state index in [1.165, 1.54) is 31.4 Å². The highest BCUT2D eigenvalue weighted by molar-refractivity contribution is 5.31. The van der Waals surface area contributed by atoms with Gasteiger partial charge in [0.1, 0.15) is 0 Å². The van der Waals surface area contributed by atoms with Crippen molar-refractivity contribution in [3.8, 4) is 0 Å². The summed E-state index contributed by atoms with van der Waals surface area (Å²) in [6, 6.07) is 2.24. The van der Waals surface area contributed by atoms with Crippen molar-refractivity contribution in [2.24, 2.45) is 0 Å². The van der Waals surface area contributed by atoms with Crippen LogP contribution in [0.25, 0.3) is 0 Å². The molecule has 2 aliphatic heterocycles. The monoisotopic (exact) mass is 332 g/mol. The van der Waals surface area contributed by atoms with Gasteiger partial charge in [0.05, 0.1) is 25.4 Å². The lowest BCUT2D eigenvalue weighted by Crippen LogP contribution is -2.44. The maximum atomic E-state index is 10.1. The molecule has 2 saturated heterocycles. The maximum Gasteiger partial charge on any atom is 0.225 e. The molecule has 0 aromatic carbocycles. The molecule has 6 heteroatoms. The van der Waals surface area contributed by atoms with Gasteiger partial charge in [0.2, 0.25) is 5.95 Å². The number of hydrogen-bond donors (Lipinski definition) is 1. The van der Waals surface area contributed by atoms with Gasteiger partial charge < -0.3 is 14.7 Å². The van der Waals surface area contributed by atoms with Gasteiger partial charge >= 0.3 is 0 Å². The predicted octanol–water partition coefficient (Wildman–Crippen LogP) is 1.41. The quantitative estimate of drug-likeness (QED) is 0.903. The molecule has 0 bridgehead atoms. The van der Waals surface area contributed by atoms with Gasteiger partial charge in [-0.3, -0.25) is 4.90 Å². The van der Waals surface area contributed by atoms with Crippen molar-refractivity contribution >= 4 is 5.95 Å². The van der Waals surface area contributed by atoms with Gasteiger partial charge in [-0.25, -0.2) is 9.97 Å². The average Bonchev–Trinajstić information content (AvgIpc) is 3.22. The molecule has 1 saturated carbocycles. The Morgan fingerprint density at radius 2 is 1.92 bits per heavy atom. The molecule has 0 unspecified atom stereocenters. The Hall–Kier alpha value is -1.24. The lowest BCUT2D eigenvalue weighted by Gasteiger charge is -2.28. The summed E-state index contributed by atoms with van der Waals surface area (Å²) in [5, 5.41) is 10.1. The Morgan fingerprint density at radius 1 is 1.04 bits per heavy atom. The molecule has 1 aromatic rings. The summed E-state index contributed by atoms with van der Waals surface area (Å²) in [6.07, 6.45) is 7.84. The van der Waals surface area contributed by atoms with Crippen LogP contribution in [0.1, 0.15) is 43.7 Å². The van der Waals surface area contributed by atoms with Crippen LogP contribution >= 0.6 is 0 Å². The van der Waals surface area contributed by atoms with Crippen molar-refractivity contribution in [3.05, 3.63) is 18.0 Å². The molecular weight excluding hydrogens is 304 g/mol. The molecule has 0 amide bonds. The number of hydrogen-bond acceptors (Lipinski definition) is 6. The second kappa shape index (κ2) is 7.33. The van der Waals surface area contributed by atoms with E-state index in [2.05, 4.69) is 20.9 Å². The summed E-state index contributed by atoms with van der Waals surface area (Å²) < 4.78 is 5.42. The van der Waals surface area contributed by atoms with Crippen molar-refractivity contribution < 1.29 is 9.84 Å². The molecule has 1 N–H and O–H groups in total. The van der Waals surface area contributed by atoms with Crippen molar-refractivity contribution in [2.75, 3.05) is 44.3 Å². The Labute approximate surface area is 143 Å². The first kappa shape index (κ1) is 16.2. The Kier molecular flexibility index (Phi) is 4.96. The van der Waals surface area contributed by atoms with Crippen LogP contribution in [0.2, 0.25) is 0 Å². The van der Waals surface area contributed by atoms with Crippen LogP contribution in [0.3, 0.4) is 0 Å². The second-order valence-electron chi connectivity index (χ2n) is 7.31. The normalized spacial score (nSPS) is 30.0. The summed E-state index contributed by atoms with van der Waals surface area (Å²) in [5.74, 6) is 1.51. The first-order chi connectivity index (χ1) is 11.8. The highest BCUT2D eigenvalue weighted by Gasteiger charge is 2.32. The van der Waals surface area contributed by atoms with Crippen molar-refractivity contribution in [1.82, 2.24) is 14.9 Å². The summed E-state index contributed by atoms with van der Waals surface area (Å²) in [4.78, 5) is 14.1. The van der Waals surface area contributed by atoms with E-state index in [1.807, 2.05) is 6.20 Å². The summed E-state index contributed by atoms with van der Waals surface area (Å²) in [5.41, 5.74) is 1.22. The van der Waals surface area contributed by atoms with Gasteiger partial charge in [0.15, 0.2) is 0 Å². The molecule has 132 valence electrons. The molecular formula is C18H28N4O2. The van der Waals surface area contributed by atoms with Gasteiger partial charge in [-0.15, -0.1) is 0 Å². The third kappa shape index (κ3) is 3.41. The zero-order valence-corrected chi connectivity index (χ0v) is 14.3. The van der Waals surface area contributed by atoms with Gasteiger partial charge in [0.25, 0.3) is 0 Å². The fourth-order valence-electron chi connectivity index (χ4n) is 4.31. The lowest BCUT2D eigenvalue weighted by molar-refractivity contribution is 0.0859. The summed E-state index contributed by atoms with van der Waals surface area (Å²) in [6.45, 7) is 4.95. The number of anilines is 1. The molecule has 0 spiro atoms. The van der Waals surface area contributed by atoms with Gasteiger partial charge in [-0.05, 0) is 25.3 Å². The topological polar surface area (TPSA) is 61.7 Å². The van der Waals surface area contributed by atoms with Crippen LogP contribution in [-0.4, -0.2) is 71.5 Å². The van der Waals surface area contributed by atoms with E-state index in [1.54, 1.807) is 0 Å². The van der Waals surface area contributed by atoms with Crippen LogP contribution < -0.4 is 4.90 Å². The SMILES string of the molecule is O[C@@H]1COC[C@H]1N1CCCN(c2nccc(C3CCCC3)n2)CC1. The average molecular weight is 332 g/mol. The number of ether oxygens (including phenoxy) is 1. The molecule has 4 rings (SSSR count). The van der Waals surface area contributed by atoms with Crippen molar-refractivity contribution in [1.29, 1.82) is 0 Å². The van der Waals surface area contributed by atoms with Gasteiger partial charge in [-0.1, -0.05) is 12.8 Å². The standard InChI is InChI=1S/C18H28N4O2/c23-17-13-24-12-16(17)21-8-3-9-22(11-10-21)18-19-7-6-15(20-18)14-4-1-2-5-14/h6-7,14,16-17,23H,1-5,8-13H2/t16-,17-/m1/s1. The van der Waals surface area contributed by atoms with Crippen LogP contribution in [0.4, 0.5) is 5.95 Å². The van der Waals surface area contributed by atoms with E-state index in [0.717, 1.165) is 38.5 Å². The molecule has 2 atom stereocenters. The number of rotatable bonds is 3. The molecule has 1 aliphatic carbocycles. The van der Waals surface area contributed by atoms with E-state index < -0.39 is 0 Å². The number of aliphatic hydroxyl groups is 1. The van der Waals surface area contributed by atoms with E-state index >= 15 is 0 Å². The highest BCUT2D eigenvalue weighted by atomic mass is 16.5. The first-order valence-electron chi connectivity index (χ1n) is 9.39. The molecule has 0 radical (unpaired) electrons. The van der Waals surface area contributed by atoms with Crippen LogP contribution in [0.5, 0.6) is 0 Å². The van der Waals surface area contributed by atoms with Crippen LogP contribution in [0, 0.1) is 0 Å². The van der Waals surface area contributed by atoms with Crippen molar-refractivity contribution in [2.45, 2.75) is 50.2 Å². The highest BCUT2D eigenvalue weighted by Crippen LogP contribution is 2.33. The fraction of sp³-hybridized carbons (Fsp3) is 0.778. The molecule has 1 aromatic heterocycles. The van der Waals surface area contributed by atoms with E-state index in [9.17, 15) is 5.11 Å².